The fourth-order valence-corrected chi connectivity index (χ4v) is 4.21. The second-order valence-electron chi connectivity index (χ2n) is 11.0. The van der Waals surface area contributed by atoms with Gasteiger partial charge in [-0.15, -0.1) is 0 Å². The molecule has 0 atom stereocenters. The van der Waals surface area contributed by atoms with Crippen molar-refractivity contribution in [3.05, 3.63) is 38.4 Å². The van der Waals surface area contributed by atoms with E-state index in [0.717, 1.165) is 6.07 Å². The van der Waals surface area contributed by atoms with E-state index >= 15 is 0 Å². The van der Waals surface area contributed by atoms with E-state index in [4.69, 9.17) is 37.6 Å². The van der Waals surface area contributed by atoms with Crippen LogP contribution in [-0.4, -0.2) is 124 Å². The van der Waals surface area contributed by atoms with Crippen LogP contribution in [0.3, 0.4) is 0 Å². The van der Waals surface area contributed by atoms with Gasteiger partial charge in [-0.25, -0.2) is 0 Å². The fourth-order valence-electron chi connectivity index (χ4n) is 3.19. The molecule has 1 rings (SSSR count). The summed E-state index contributed by atoms with van der Waals surface area (Å²) >= 11 is 0. The first-order valence-corrected chi connectivity index (χ1v) is 17.7. The van der Waals surface area contributed by atoms with E-state index in [1.165, 1.54) is 12.1 Å². The van der Waals surface area contributed by atoms with E-state index in [-0.39, 0.29) is 28.7 Å². The van der Waals surface area contributed by atoms with E-state index in [1.807, 2.05) is 0 Å². The zero-order valence-corrected chi connectivity index (χ0v) is 27.8. The predicted molar refractivity (Wildman–Crippen MR) is 167 cm³/mol. The minimum atomic E-state index is -1.71. The number of hydrogen-bond acceptors (Lipinski definition) is 13. The smallest absolute Gasteiger partial charge is 0.299 e. The minimum absolute atomic E-state index is 0.190. The highest BCUT2D eigenvalue weighted by Gasteiger charge is 2.36. The first kappa shape index (κ1) is 39.7. The monoisotopic (exact) mass is 649 g/mol. The molecule has 15 nitrogen and oxygen atoms in total. The van der Waals surface area contributed by atoms with Crippen LogP contribution in [-0.2, 0) is 37.6 Å². The molecular formula is C28H51N3O12Si. The van der Waals surface area contributed by atoms with Gasteiger partial charge in [0.25, 0.3) is 11.4 Å². The molecule has 0 saturated carbocycles. The van der Waals surface area contributed by atoms with E-state index in [9.17, 15) is 20.2 Å². The summed E-state index contributed by atoms with van der Waals surface area (Å²) in [5.41, 5.74) is -0.513. The Balaban J connectivity index is 1.81. The third kappa shape index (κ3) is 18.5. The van der Waals surface area contributed by atoms with Crippen molar-refractivity contribution >= 4 is 25.4 Å². The fraction of sp³-hybridized carbons (Fsp3) is 0.786. The van der Waals surface area contributed by atoms with Crippen molar-refractivity contribution in [2.75, 3.05) is 111 Å². The zero-order valence-electron chi connectivity index (χ0n) is 26.8. The summed E-state index contributed by atoms with van der Waals surface area (Å²) < 4.78 is 44.3. The second kappa shape index (κ2) is 23.1. The molecule has 0 aliphatic rings. The molecule has 0 aromatic heterocycles. The van der Waals surface area contributed by atoms with Crippen LogP contribution in [0.5, 0.6) is 0 Å². The summed E-state index contributed by atoms with van der Waals surface area (Å²) in [6, 6.07) is 3.44. The molecule has 1 N–H and O–H groups in total. The molecule has 0 spiro atoms. The molecule has 44 heavy (non-hydrogen) atoms. The Kier molecular flexibility index (Phi) is 20.9. The van der Waals surface area contributed by atoms with Gasteiger partial charge in [-0.3, -0.25) is 20.2 Å². The molecule has 1 aromatic carbocycles. The summed E-state index contributed by atoms with van der Waals surface area (Å²) in [7, 11) is -1.71. The van der Waals surface area contributed by atoms with E-state index in [2.05, 4.69) is 39.2 Å². The topological polar surface area (TPSA) is 172 Å². The zero-order chi connectivity index (χ0) is 32.7. The normalized spacial score (nSPS) is 12.0. The Bertz CT molecular complexity index is 934. The average molecular weight is 650 g/mol. The maximum atomic E-state index is 11.1. The first-order chi connectivity index (χ1) is 21.0. The van der Waals surface area contributed by atoms with Crippen LogP contribution in [0.15, 0.2) is 18.2 Å². The van der Waals surface area contributed by atoms with Gasteiger partial charge in [0.1, 0.15) is 5.69 Å². The maximum Gasteiger partial charge on any atom is 0.299 e. The van der Waals surface area contributed by atoms with Crippen molar-refractivity contribution in [1.82, 2.24) is 0 Å². The van der Waals surface area contributed by atoms with Gasteiger partial charge >= 0.3 is 0 Å². The highest BCUT2D eigenvalue weighted by molar-refractivity contribution is 6.74. The summed E-state index contributed by atoms with van der Waals surface area (Å²) in [6.07, 6.45) is 0. The standard InChI is InChI=1S/C28H51N3O12Si/c1-28(2,3)44(4,5)43-23-22-42-21-20-41-19-18-40-17-16-39-15-14-38-13-12-37-11-10-36-9-8-29-26-7-6-25(30(32)33)24-27(26)31(34)35/h6-7,24,29H,8-23H2,1-5H3. The Morgan fingerprint density at radius 1 is 0.636 bits per heavy atom. The van der Waals surface area contributed by atoms with Gasteiger partial charge in [-0.1, -0.05) is 20.8 Å². The Hall–Kier alpha value is -2.28. The lowest BCUT2D eigenvalue weighted by Gasteiger charge is -2.36. The molecule has 16 heteroatoms. The van der Waals surface area contributed by atoms with Gasteiger partial charge in [0.15, 0.2) is 8.32 Å². The number of hydrogen-bond donors (Lipinski definition) is 1. The average Bonchev–Trinajstić information content (AvgIpc) is 2.96. The summed E-state index contributed by atoms with van der Waals surface area (Å²) in [4.78, 5) is 20.6. The summed E-state index contributed by atoms with van der Waals surface area (Å²) in [5.74, 6) is 0. The van der Waals surface area contributed by atoms with Crippen molar-refractivity contribution in [3.63, 3.8) is 0 Å². The lowest BCUT2D eigenvalue weighted by Crippen LogP contribution is -2.41. The first-order valence-electron chi connectivity index (χ1n) is 14.8. The molecule has 0 aliphatic heterocycles. The number of nitro benzene ring substituents is 2. The summed E-state index contributed by atoms with van der Waals surface area (Å²) in [6.45, 7) is 18.4. The van der Waals surface area contributed by atoms with Gasteiger partial charge in [0.05, 0.1) is 115 Å². The number of nitrogens with zero attached hydrogens (tertiary/aromatic N) is 2. The Morgan fingerprint density at radius 2 is 1.02 bits per heavy atom. The minimum Gasteiger partial charge on any atom is -0.414 e. The van der Waals surface area contributed by atoms with Crippen LogP contribution in [0.25, 0.3) is 0 Å². The molecule has 0 saturated heterocycles. The van der Waals surface area contributed by atoms with Crippen LogP contribution in [0.4, 0.5) is 17.1 Å². The van der Waals surface area contributed by atoms with Gasteiger partial charge in [-0.05, 0) is 24.2 Å². The highest BCUT2D eigenvalue weighted by atomic mass is 28.4. The van der Waals surface area contributed by atoms with Crippen LogP contribution in [0, 0.1) is 20.2 Å². The van der Waals surface area contributed by atoms with Crippen molar-refractivity contribution in [1.29, 1.82) is 0 Å². The van der Waals surface area contributed by atoms with Gasteiger partial charge in [0, 0.05) is 12.6 Å². The largest absolute Gasteiger partial charge is 0.414 e. The summed E-state index contributed by atoms with van der Waals surface area (Å²) in [5, 5.41) is 25.0. The molecule has 0 unspecified atom stereocenters. The van der Waals surface area contributed by atoms with Crippen molar-refractivity contribution in [3.8, 4) is 0 Å². The Morgan fingerprint density at radius 3 is 1.39 bits per heavy atom. The number of ether oxygens (including phenoxy) is 7. The maximum absolute atomic E-state index is 11.1. The third-order valence-corrected chi connectivity index (χ3v) is 11.2. The number of rotatable bonds is 28. The van der Waals surface area contributed by atoms with Crippen LogP contribution >= 0.6 is 0 Å². The van der Waals surface area contributed by atoms with Gasteiger partial charge < -0.3 is 42.9 Å². The van der Waals surface area contributed by atoms with Gasteiger partial charge in [-0.2, -0.15) is 0 Å². The van der Waals surface area contributed by atoms with Crippen LogP contribution < -0.4 is 5.32 Å². The lowest BCUT2D eigenvalue weighted by atomic mass is 10.2. The van der Waals surface area contributed by atoms with Crippen molar-refractivity contribution in [2.24, 2.45) is 0 Å². The molecule has 1 aromatic rings. The molecule has 0 bridgehead atoms. The Labute approximate surface area is 261 Å². The molecule has 0 aliphatic carbocycles. The quantitative estimate of drug-likeness (QED) is 0.0597. The molecule has 0 fully saturated rings. The number of benzene rings is 1. The number of nitro groups is 2. The number of non-ortho nitro benzene ring substituents is 1. The van der Waals surface area contributed by atoms with Crippen LogP contribution in [0.1, 0.15) is 20.8 Å². The molecule has 0 radical (unpaired) electrons. The van der Waals surface area contributed by atoms with E-state index < -0.39 is 18.2 Å². The van der Waals surface area contributed by atoms with E-state index in [0.29, 0.717) is 99.0 Å². The molecule has 0 heterocycles. The number of anilines is 1. The van der Waals surface area contributed by atoms with Gasteiger partial charge in [0.2, 0.25) is 0 Å². The van der Waals surface area contributed by atoms with Crippen molar-refractivity contribution < 1.29 is 47.4 Å². The van der Waals surface area contributed by atoms with E-state index in [1.54, 1.807) is 0 Å². The molecule has 0 amide bonds. The SMILES string of the molecule is CC(C)(C)[Si](C)(C)OCCOCCOCCOCCOCCOCCOCCOCCNc1ccc([N+](=O)[O-])cc1[N+](=O)[O-]. The van der Waals surface area contributed by atoms with Crippen LogP contribution in [0.2, 0.25) is 18.1 Å². The highest BCUT2D eigenvalue weighted by Crippen LogP contribution is 2.36. The second-order valence-corrected chi connectivity index (χ2v) is 15.8. The molecule has 254 valence electrons. The lowest BCUT2D eigenvalue weighted by molar-refractivity contribution is -0.393. The molecular weight excluding hydrogens is 598 g/mol. The predicted octanol–water partition coefficient (Wildman–Crippen LogP) is 4.05. The third-order valence-electron chi connectivity index (χ3n) is 6.68. The number of nitrogens with one attached hydrogen (secondary N) is 1. The van der Waals surface area contributed by atoms with Crippen molar-refractivity contribution in [2.45, 2.75) is 38.9 Å².